The number of piperazine rings is 1. The van der Waals surface area contributed by atoms with E-state index < -0.39 is 51.2 Å². The smallest absolute Gasteiger partial charge is 0.243 e. The first-order chi connectivity index (χ1) is 22.5. The molecular formula is C34H32F4N4O4S. The molecule has 246 valence electrons. The van der Waals surface area contributed by atoms with Gasteiger partial charge in [0.15, 0.2) is 0 Å². The minimum atomic E-state index is -3.86. The first kappa shape index (κ1) is 33.9. The van der Waals surface area contributed by atoms with Crippen LogP contribution in [0.2, 0.25) is 0 Å². The highest BCUT2D eigenvalue weighted by Crippen LogP contribution is 2.31. The van der Waals surface area contributed by atoms with Crippen molar-refractivity contribution >= 4 is 27.9 Å². The molecule has 13 heteroatoms. The third-order valence-corrected chi connectivity index (χ3v) is 10.1. The normalized spacial score (nSPS) is 16.0. The zero-order chi connectivity index (χ0) is 33.6. The summed E-state index contributed by atoms with van der Waals surface area (Å²) in [5.41, 5.74) is 1.26. The number of nitrogens with zero attached hydrogens (tertiary/aromatic N) is 2. The predicted molar refractivity (Wildman–Crippen MR) is 167 cm³/mol. The van der Waals surface area contributed by atoms with Gasteiger partial charge in [-0.3, -0.25) is 14.6 Å². The van der Waals surface area contributed by atoms with Gasteiger partial charge in [0.2, 0.25) is 15.9 Å². The fourth-order valence-corrected chi connectivity index (χ4v) is 7.44. The largest absolute Gasteiger partial charge is 0.324 e. The van der Waals surface area contributed by atoms with Crippen LogP contribution in [0.15, 0.2) is 84.0 Å². The number of hydrogen-bond donors (Lipinski definition) is 2. The number of hydrogen-bond acceptors (Lipinski definition) is 6. The molecule has 2 atom stereocenters. The van der Waals surface area contributed by atoms with Crippen molar-refractivity contribution in [1.29, 1.82) is 0 Å². The second-order valence-corrected chi connectivity index (χ2v) is 13.2. The monoisotopic (exact) mass is 668 g/mol. The Bertz CT molecular complexity index is 1820. The van der Waals surface area contributed by atoms with Crippen LogP contribution in [0.3, 0.4) is 0 Å². The summed E-state index contributed by atoms with van der Waals surface area (Å²) in [6.45, 7) is 1.08. The van der Waals surface area contributed by atoms with E-state index in [1.165, 1.54) is 59.0 Å². The Balaban J connectivity index is 1.29. The highest BCUT2D eigenvalue weighted by molar-refractivity contribution is 7.89. The first-order valence-corrected chi connectivity index (χ1v) is 16.4. The number of nitrogens with one attached hydrogen (secondary N) is 2. The van der Waals surface area contributed by atoms with E-state index in [1.54, 1.807) is 0 Å². The van der Waals surface area contributed by atoms with Gasteiger partial charge in [0.1, 0.15) is 29.6 Å². The van der Waals surface area contributed by atoms with E-state index in [4.69, 9.17) is 0 Å². The second-order valence-electron chi connectivity index (χ2n) is 11.3. The first-order valence-electron chi connectivity index (χ1n) is 15.0. The van der Waals surface area contributed by atoms with Crippen LogP contribution in [-0.2, 0) is 21.2 Å². The molecular weight excluding hydrogens is 636 g/mol. The standard InChI is InChI=1S/C34H32F4N4O4S/c35-25-8-6-23(7-9-25)31(24-14-26(36)16-27(37)15-24)17-34(44)41-33-20-40-19-32(38)30(33)3-1-2-28-18-39-12-13-42(28)47(45,46)29-10-4-22(21-43)5-11-29/h4-11,14-16,19-21,28,31,39H,1-3,12-13,17-18H2,(H,41,44). The van der Waals surface area contributed by atoms with E-state index >= 15 is 4.39 Å². The number of pyridine rings is 1. The van der Waals surface area contributed by atoms with Crippen LogP contribution >= 0.6 is 0 Å². The predicted octanol–water partition coefficient (Wildman–Crippen LogP) is 5.60. The fraction of sp³-hybridized carbons (Fsp3) is 0.265. The van der Waals surface area contributed by atoms with Gasteiger partial charge in [-0.1, -0.05) is 24.3 Å². The topological polar surface area (TPSA) is 108 Å². The van der Waals surface area contributed by atoms with E-state index in [0.717, 1.165) is 18.3 Å². The molecule has 1 amide bonds. The van der Waals surface area contributed by atoms with Crippen molar-refractivity contribution in [2.24, 2.45) is 0 Å². The maximum atomic E-state index is 15.1. The van der Waals surface area contributed by atoms with Crippen molar-refractivity contribution in [3.8, 4) is 0 Å². The molecule has 1 aliphatic rings. The molecule has 4 aromatic rings. The molecule has 0 spiro atoms. The zero-order valence-corrected chi connectivity index (χ0v) is 26.0. The maximum absolute atomic E-state index is 15.1. The highest BCUT2D eigenvalue weighted by atomic mass is 32.2. The molecule has 3 aromatic carbocycles. The van der Waals surface area contributed by atoms with Gasteiger partial charge in [0.05, 0.1) is 23.0 Å². The molecule has 2 N–H and O–H groups in total. The second kappa shape index (κ2) is 15.0. The number of rotatable bonds is 12. The lowest BCUT2D eigenvalue weighted by Gasteiger charge is -2.35. The van der Waals surface area contributed by atoms with Crippen molar-refractivity contribution in [1.82, 2.24) is 14.6 Å². The molecule has 5 rings (SSSR count). The number of halogens is 4. The Kier molecular flexibility index (Phi) is 10.8. The summed E-state index contributed by atoms with van der Waals surface area (Å²) in [5.74, 6) is -4.28. The van der Waals surface area contributed by atoms with Gasteiger partial charge >= 0.3 is 0 Å². The summed E-state index contributed by atoms with van der Waals surface area (Å²) in [7, 11) is -3.86. The van der Waals surface area contributed by atoms with E-state index in [1.807, 2.05) is 0 Å². The summed E-state index contributed by atoms with van der Waals surface area (Å²) >= 11 is 0. The highest BCUT2D eigenvalue weighted by Gasteiger charge is 2.33. The molecule has 2 heterocycles. The van der Waals surface area contributed by atoms with Crippen molar-refractivity contribution in [3.63, 3.8) is 0 Å². The Morgan fingerprint density at radius 3 is 2.34 bits per heavy atom. The van der Waals surface area contributed by atoms with Gasteiger partial charge < -0.3 is 10.6 Å². The Morgan fingerprint density at radius 1 is 0.957 bits per heavy atom. The molecule has 1 saturated heterocycles. The van der Waals surface area contributed by atoms with Crippen LogP contribution in [-0.4, -0.2) is 55.6 Å². The number of carbonyl (C=O) groups is 2. The maximum Gasteiger partial charge on any atom is 0.243 e. The number of carbonyl (C=O) groups excluding carboxylic acids is 2. The van der Waals surface area contributed by atoms with Gasteiger partial charge in [-0.25, -0.2) is 26.0 Å². The Morgan fingerprint density at radius 2 is 1.66 bits per heavy atom. The lowest BCUT2D eigenvalue weighted by molar-refractivity contribution is -0.116. The van der Waals surface area contributed by atoms with Gasteiger partial charge in [-0.15, -0.1) is 0 Å². The molecule has 2 unspecified atom stereocenters. The average Bonchev–Trinajstić information content (AvgIpc) is 3.05. The van der Waals surface area contributed by atoms with Gasteiger partial charge in [-0.05, 0) is 66.8 Å². The van der Waals surface area contributed by atoms with E-state index in [0.29, 0.717) is 49.4 Å². The molecule has 47 heavy (non-hydrogen) atoms. The van der Waals surface area contributed by atoms with Crippen molar-refractivity contribution < 1.29 is 35.6 Å². The Labute approximate surface area is 269 Å². The lowest BCUT2D eigenvalue weighted by atomic mass is 9.88. The molecule has 0 radical (unpaired) electrons. The summed E-state index contributed by atoms with van der Waals surface area (Å²) in [6, 6.07) is 13.4. The van der Waals surface area contributed by atoms with Crippen LogP contribution < -0.4 is 10.6 Å². The molecule has 0 saturated carbocycles. The molecule has 0 bridgehead atoms. The third-order valence-electron chi connectivity index (χ3n) is 8.11. The Hall–Kier alpha value is -4.46. The van der Waals surface area contributed by atoms with E-state index in [-0.39, 0.29) is 41.1 Å². The summed E-state index contributed by atoms with van der Waals surface area (Å²) in [5, 5.41) is 5.87. The summed E-state index contributed by atoms with van der Waals surface area (Å²) < 4.78 is 85.2. The average molecular weight is 669 g/mol. The van der Waals surface area contributed by atoms with Crippen LogP contribution in [0, 0.1) is 23.3 Å². The number of benzene rings is 3. The number of aromatic nitrogens is 1. The number of anilines is 1. The minimum absolute atomic E-state index is 0.0695. The quantitative estimate of drug-likeness (QED) is 0.151. The number of amides is 1. The summed E-state index contributed by atoms with van der Waals surface area (Å²) in [4.78, 5) is 28.2. The summed E-state index contributed by atoms with van der Waals surface area (Å²) in [6.07, 6.45) is 3.56. The van der Waals surface area contributed by atoms with Crippen molar-refractivity contribution in [2.75, 3.05) is 25.0 Å². The fourth-order valence-electron chi connectivity index (χ4n) is 5.78. The van der Waals surface area contributed by atoms with E-state index in [9.17, 15) is 31.2 Å². The molecule has 0 aliphatic carbocycles. The van der Waals surface area contributed by atoms with Crippen LogP contribution in [0.4, 0.5) is 23.2 Å². The van der Waals surface area contributed by atoms with Crippen LogP contribution in [0.1, 0.15) is 52.2 Å². The van der Waals surface area contributed by atoms with Crippen LogP contribution in [0.5, 0.6) is 0 Å². The van der Waals surface area contributed by atoms with Gasteiger partial charge in [0.25, 0.3) is 0 Å². The molecule has 1 fully saturated rings. The van der Waals surface area contributed by atoms with Gasteiger partial charge in [-0.2, -0.15) is 4.31 Å². The van der Waals surface area contributed by atoms with E-state index in [2.05, 4.69) is 15.6 Å². The van der Waals surface area contributed by atoms with Crippen molar-refractivity contribution in [3.05, 3.63) is 125 Å². The third kappa shape index (κ3) is 8.28. The van der Waals surface area contributed by atoms with Gasteiger partial charge in [0, 0.05) is 55.2 Å². The lowest BCUT2D eigenvalue weighted by Crippen LogP contribution is -2.53. The SMILES string of the molecule is O=Cc1ccc(S(=O)(=O)N2CCNCC2CCCc2c(F)cncc2NC(=O)CC(c2ccc(F)cc2)c2cc(F)cc(F)c2)cc1. The van der Waals surface area contributed by atoms with Crippen molar-refractivity contribution in [2.45, 2.75) is 42.5 Å². The molecule has 1 aromatic heterocycles. The zero-order valence-electron chi connectivity index (χ0n) is 25.1. The molecule has 1 aliphatic heterocycles. The number of sulfonamides is 1. The minimum Gasteiger partial charge on any atom is -0.324 e. The number of aldehydes is 1. The van der Waals surface area contributed by atoms with Crippen LogP contribution in [0.25, 0.3) is 0 Å². The molecule has 8 nitrogen and oxygen atoms in total.